The van der Waals surface area contributed by atoms with Crippen LogP contribution in [0.3, 0.4) is 0 Å². The van der Waals surface area contributed by atoms with Gasteiger partial charge in [0.15, 0.2) is 11.5 Å². The van der Waals surface area contributed by atoms with Gasteiger partial charge in [-0.2, -0.15) is 0 Å². The van der Waals surface area contributed by atoms with Crippen molar-refractivity contribution >= 4 is 17.5 Å². The van der Waals surface area contributed by atoms with Gasteiger partial charge in [0.25, 0.3) is 5.91 Å². The van der Waals surface area contributed by atoms with Crippen molar-refractivity contribution in [3.63, 3.8) is 0 Å². The maximum Gasteiger partial charge on any atom is 0.257 e. The van der Waals surface area contributed by atoms with Crippen molar-refractivity contribution in [1.82, 2.24) is 4.90 Å². The van der Waals surface area contributed by atoms with Crippen LogP contribution in [0.25, 0.3) is 0 Å². The molecule has 1 aliphatic heterocycles. The highest BCUT2D eigenvalue weighted by Gasteiger charge is 2.25. The van der Waals surface area contributed by atoms with Gasteiger partial charge in [0.2, 0.25) is 0 Å². The van der Waals surface area contributed by atoms with Crippen molar-refractivity contribution in [3.05, 3.63) is 52.0 Å². The molecule has 0 unspecified atom stereocenters. The molecule has 3 rings (SSSR count). The van der Waals surface area contributed by atoms with E-state index in [2.05, 4.69) is 0 Å². The maximum atomic E-state index is 12.8. The topological polar surface area (TPSA) is 59.0 Å². The molecule has 0 fully saturated rings. The van der Waals surface area contributed by atoms with Gasteiger partial charge in [-0.15, -0.1) is 0 Å². The number of phenols is 1. The highest BCUT2D eigenvalue weighted by atomic mass is 35.5. The molecule has 0 aromatic heterocycles. The lowest BCUT2D eigenvalue weighted by atomic mass is 9.98. The Balaban J connectivity index is 1.87. The fourth-order valence-electron chi connectivity index (χ4n) is 3.12. The third-order valence-electron chi connectivity index (χ3n) is 4.35. The van der Waals surface area contributed by atoms with Crippen LogP contribution in [0.4, 0.5) is 0 Å². The summed E-state index contributed by atoms with van der Waals surface area (Å²) in [5.74, 6) is 1.13. The van der Waals surface area contributed by atoms with E-state index in [9.17, 15) is 9.90 Å². The molecule has 0 aliphatic carbocycles. The summed E-state index contributed by atoms with van der Waals surface area (Å²) >= 11 is 5.97. The molecule has 0 bridgehead atoms. The molecule has 0 spiro atoms. The van der Waals surface area contributed by atoms with E-state index in [4.69, 9.17) is 21.1 Å². The largest absolute Gasteiger partial charge is 0.507 e. The average Bonchev–Trinajstić information content (AvgIpc) is 2.63. The van der Waals surface area contributed by atoms with Crippen molar-refractivity contribution in [2.24, 2.45) is 0 Å². The van der Waals surface area contributed by atoms with Crippen LogP contribution in [0, 0.1) is 0 Å². The second-order valence-electron chi connectivity index (χ2n) is 6.07. The van der Waals surface area contributed by atoms with E-state index in [1.54, 1.807) is 11.0 Å². The number of hydrogen-bond acceptors (Lipinski definition) is 4. The Morgan fingerprint density at radius 3 is 2.42 bits per heavy atom. The summed E-state index contributed by atoms with van der Waals surface area (Å²) < 4.78 is 11.4. The van der Waals surface area contributed by atoms with Crippen LogP contribution < -0.4 is 9.47 Å². The molecule has 0 saturated heterocycles. The second-order valence-corrected chi connectivity index (χ2v) is 6.51. The lowest BCUT2D eigenvalue weighted by Gasteiger charge is -2.30. The third-order valence-corrected chi connectivity index (χ3v) is 4.59. The minimum atomic E-state index is -0.234. The number of aromatic hydroxyl groups is 1. The Hall–Kier alpha value is -2.40. The number of halogens is 1. The molecule has 2 aromatic carbocycles. The number of fused-ring (bicyclic) bond motifs is 1. The summed E-state index contributed by atoms with van der Waals surface area (Å²) in [4.78, 5) is 14.5. The van der Waals surface area contributed by atoms with E-state index >= 15 is 0 Å². The summed E-state index contributed by atoms with van der Waals surface area (Å²) in [5, 5.41) is 10.4. The summed E-state index contributed by atoms with van der Waals surface area (Å²) in [6, 6.07) is 8.44. The van der Waals surface area contributed by atoms with Crippen LogP contribution in [-0.4, -0.2) is 35.7 Å². The lowest BCUT2D eigenvalue weighted by molar-refractivity contribution is 0.0731. The SMILES string of the molecule is CCOc1cc2c(cc1OCC)CN(C(=O)c1cc(Cl)ccc1O)CC2. The lowest BCUT2D eigenvalue weighted by Crippen LogP contribution is -2.36. The van der Waals surface area contributed by atoms with Crippen LogP contribution >= 0.6 is 11.6 Å². The average molecular weight is 376 g/mol. The van der Waals surface area contributed by atoms with E-state index in [1.165, 1.54) is 12.1 Å². The number of amides is 1. The zero-order chi connectivity index (χ0) is 18.7. The number of nitrogens with zero attached hydrogens (tertiary/aromatic N) is 1. The molecule has 1 amide bonds. The predicted molar refractivity (Wildman–Crippen MR) is 100 cm³/mol. The zero-order valence-corrected chi connectivity index (χ0v) is 15.7. The first-order valence-corrected chi connectivity index (χ1v) is 9.10. The molecular weight excluding hydrogens is 354 g/mol. The first-order valence-electron chi connectivity index (χ1n) is 8.72. The van der Waals surface area contributed by atoms with E-state index in [-0.39, 0.29) is 17.2 Å². The van der Waals surface area contributed by atoms with Gasteiger partial charge in [-0.3, -0.25) is 4.79 Å². The minimum absolute atomic E-state index is 0.0631. The first kappa shape index (κ1) is 18.4. The number of phenolic OH excluding ortho intramolecular Hbond substituents is 1. The summed E-state index contributed by atoms with van der Waals surface area (Å²) in [6.07, 6.45) is 0.717. The van der Waals surface area contributed by atoms with E-state index in [0.29, 0.717) is 37.1 Å². The fraction of sp³-hybridized carbons (Fsp3) is 0.350. The van der Waals surface area contributed by atoms with Crippen LogP contribution in [0.1, 0.15) is 35.3 Å². The second kappa shape index (κ2) is 7.87. The summed E-state index contributed by atoms with van der Waals surface area (Å²) in [6.45, 7) is 5.99. The predicted octanol–water partition coefficient (Wildman–Crippen LogP) is 4.04. The van der Waals surface area contributed by atoms with Crippen molar-refractivity contribution in [2.45, 2.75) is 26.8 Å². The molecule has 6 heteroatoms. The molecule has 0 radical (unpaired) electrons. The Bertz CT molecular complexity index is 822. The van der Waals surface area contributed by atoms with Gasteiger partial charge in [0.05, 0.1) is 18.8 Å². The first-order chi connectivity index (χ1) is 12.5. The normalized spacial score (nSPS) is 13.3. The number of benzene rings is 2. The monoisotopic (exact) mass is 375 g/mol. The van der Waals surface area contributed by atoms with Crippen molar-refractivity contribution < 1.29 is 19.4 Å². The number of ether oxygens (including phenoxy) is 2. The fourth-order valence-corrected chi connectivity index (χ4v) is 3.30. The van der Waals surface area contributed by atoms with Crippen LogP contribution in [0.15, 0.2) is 30.3 Å². The Kier molecular flexibility index (Phi) is 5.57. The quantitative estimate of drug-likeness (QED) is 0.856. The van der Waals surface area contributed by atoms with Gasteiger partial charge in [0, 0.05) is 18.1 Å². The molecule has 138 valence electrons. The molecule has 1 heterocycles. The van der Waals surface area contributed by atoms with E-state index in [0.717, 1.165) is 23.3 Å². The van der Waals surface area contributed by atoms with Crippen LogP contribution in [0.5, 0.6) is 17.2 Å². The van der Waals surface area contributed by atoms with Gasteiger partial charge in [-0.25, -0.2) is 0 Å². The zero-order valence-electron chi connectivity index (χ0n) is 14.9. The molecular formula is C20H22ClNO4. The van der Waals surface area contributed by atoms with Gasteiger partial charge in [0.1, 0.15) is 5.75 Å². The van der Waals surface area contributed by atoms with Gasteiger partial charge < -0.3 is 19.5 Å². The molecule has 1 aliphatic rings. The van der Waals surface area contributed by atoms with Crippen molar-refractivity contribution in [2.75, 3.05) is 19.8 Å². The molecule has 2 aromatic rings. The van der Waals surface area contributed by atoms with Crippen molar-refractivity contribution in [1.29, 1.82) is 0 Å². The van der Waals surface area contributed by atoms with Gasteiger partial charge in [-0.1, -0.05) is 11.6 Å². The van der Waals surface area contributed by atoms with Gasteiger partial charge in [-0.05, 0) is 61.7 Å². The molecule has 0 saturated carbocycles. The Morgan fingerprint density at radius 2 is 1.77 bits per heavy atom. The Labute approximate surface area is 158 Å². The van der Waals surface area contributed by atoms with Crippen molar-refractivity contribution in [3.8, 4) is 17.2 Å². The molecule has 5 nitrogen and oxygen atoms in total. The third kappa shape index (κ3) is 3.73. The number of hydrogen-bond donors (Lipinski definition) is 1. The number of carbonyl (C=O) groups excluding carboxylic acids is 1. The smallest absolute Gasteiger partial charge is 0.257 e. The van der Waals surface area contributed by atoms with E-state index < -0.39 is 0 Å². The maximum absolute atomic E-state index is 12.8. The van der Waals surface area contributed by atoms with Gasteiger partial charge >= 0.3 is 0 Å². The van der Waals surface area contributed by atoms with Crippen LogP contribution in [0.2, 0.25) is 5.02 Å². The highest BCUT2D eigenvalue weighted by Crippen LogP contribution is 2.34. The minimum Gasteiger partial charge on any atom is -0.507 e. The molecule has 0 atom stereocenters. The number of carbonyl (C=O) groups is 1. The Morgan fingerprint density at radius 1 is 1.12 bits per heavy atom. The summed E-state index contributed by atoms with van der Waals surface area (Å²) in [7, 11) is 0. The molecule has 1 N–H and O–H groups in total. The standard InChI is InChI=1S/C20H22ClNO4/c1-3-25-18-9-13-7-8-22(12-14(13)10-19(18)26-4-2)20(24)16-11-15(21)5-6-17(16)23/h5-6,9-11,23H,3-4,7-8,12H2,1-2H3. The van der Waals surface area contributed by atoms with Crippen LogP contribution in [-0.2, 0) is 13.0 Å². The number of rotatable bonds is 5. The molecule has 26 heavy (non-hydrogen) atoms. The highest BCUT2D eigenvalue weighted by molar-refractivity contribution is 6.31. The van der Waals surface area contributed by atoms with E-state index in [1.807, 2.05) is 26.0 Å². The summed E-state index contributed by atoms with van der Waals surface area (Å²) in [5.41, 5.74) is 2.39.